The maximum Gasteiger partial charge on any atom is 1.00 e. The molecule has 0 saturated heterocycles. The van der Waals surface area contributed by atoms with Crippen molar-refractivity contribution in [2.45, 2.75) is 0 Å². The van der Waals surface area contributed by atoms with Gasteiger partial charge >= 0.3 is 88.7 Å². The van der Waals surface area contributed by atoms with Crippen molar-refractivity contribution in [3.63, 3.8) is 0 Å². The van der Waals surface area contributed by atoms with E-state index in [9.17, 15) is 0 Å². The van der Waals surface area contributed by atoms with Crippen LogP contribution in [0.3, 0.4) is 0 Å². The fourth-order valence-corrected chi connectivity index (χ4v) is 0. The molecule has 0 N–H and O–H groups in total. The van der Waals surface area contributed by atoms with Gasteiger partial charge in [-0.2, -0.15) is 0 Å². The number of hydrogen-bond donors (Lipinski definition) is 0. The van der Waals surface area contributed by atoms with Gasteiger partial charge in [-0.25, -0.2) is 0 Å². The zero-order valence-electron chi connectivity index (χ0n) is 6.00. The van der Waals surface area contributed by atoms with Crippen molar-refractivity contribution < 1.29 is 88.7 Å². The largest absolute Gasteiger partial charge is 1.00 e. The van der Waals surface area contributed by atoms with Crippen molar-refractivity contribution in [2.75, 3.05) is 0 Å². The summed E-state index contributed by atoms with van der Waals surface area (Å²) in [6.45, 7) is 0. The molecule has 0 atom stereocenters. The van der Waals surface area contributed by atoms with E-state index in [0.717, 1.165) is 0 Å². The molecule has 3 heteroatoms. The summed E-state index contributed by atoms with van der Waals surface area (Å²) < 4.78 is 0. The summed E-state index contributed by atoms with van der Waals surface area (Å²) in [7, 11) is 0. The van der Waals surface area contributed by atoms with E-state index in [4.69, 9.17) is 0 Å². The van der Waals surface area contributed by atoms with Gasteiger partial charge in [-0.15, -0.1) is 0 Å². The van der Waals surface area contributed by atoms with E-state index in [1.807, 2.05) is 0 Å². The summed E-state index contributed by atoms with van der Waals surface area (Å²) >= 11 is 0. The minimum Gasteiger partial charge on any atom is -0.358 e. The van der Waals surface area contributed by atoms with Crippen LogP contribution in [0.1, 0.15) is 0 Å². The van der Waals surface area contributed by atoms with Gasteiger partial charge in [0.25, 0.3) is 0 Å². The zero-order valence-corrected chi connectivity index (χ0v) is 12.0. The maximum absolute atomic E-state index is 0. The quantitative estimate of drug-likeness (QED) is 0.217. The van der Waals surface area contributed by atoms with Crippen LogP contribution in [0, 0.1) is 22.3 Å². The summed E-state index contributed by atoms with van der Waals surface area (Å²) in [5.74, 6) is 0. The van der Waals surface area contributed by atoms with Gasteiger partial charge in [0.1, 0.15) is 0 Å². The Kier molecular flexibility index (Phi) is 465. The second-order valence-electron chi connectivity index (χ2n) is 0. The maximum atomic E-state index is 0. The second kappa shape index (κ2) is 43.6. The molecule has 0 aromatic carbocycles. The summed E-state index contributed by atoms with van der Waals surface area (Å²) in [5.41, 5.74) is 0. The predicted molar refractivity (Wildman–Crippen MR) is 19.2 cm³/mol. The van der Waals surface area contributed by atoms with Crippen molar-refractivity contribution in [1.82, 2.24) is 0 Å². The molecule has 0 spiro atoms. The molecule has 0 aliphatic rings. The Labute approximate surface area is 109 Å². The third-order valence-electron chi connectivity index (χ3n) is 0. The van der Waals surface area contributed by atoms with E-state index in [2.05, 4.69) is 0 Å². The molecule has 0 unspecified atom stereocenters. The van der Waals surface area contributed by atoms with Gasteiger partial charge in [-0.05, 0) is 0 Å². The van der Waals surface area contributed by atoms with E-state index in [-0.39, 0.29) is 111 Å². The fourth-order valence-electron chi connectivity index (χ4n) is 0. The van der Waals surface area contributed by atoms with Crippen LogP contribution in [0.15, 0.2) is 0 Å². The van der Waals surface area contributed by atoms with Crippen molar-refractivity contribution in [3.05, 3.63) is 22.3 Å². The van der Waals surface area contributed by atoms with E-state index in [0.29, 0.717) is 0 Å². The molecule has 0 nitrogen and oxygen atoms in total. The summed E-state index contributed by atoms with van der Waals surface area (Å²) in [4.78, 5) is 0. The van der Waals surface area contributed by atoms with E-state index < -0.39 is 0 Å². The first-order valence-electron chi connectivity index (χ1n) is 0. The van der Waals surface area contributed by atoms with Crippen LogP contribution in [0.4, 0.5) is 0 Å². The van der Waals surface area contributed by atoms with Crippen LogP contribution in [-0.4, -0.2) is 0 Å². The average Bonchev–Trinajstić information content (AvgIpc) is 0. The standard InChI is InChI=1S/3CH3.3Na/h3*1H3;;;/q3*-1;3*+1. The molecule has 0 aliphatic carbocycles. The third-order valence-corrected chi connectivity index (χ3v) is 0. The molecule has 0 amide bonds. The van der Waals surface area contributed by atoms with Gasteiger partial charge in [0.15, 0.2) is 0 Å². The number of hydrogen-bond acceptors (Lipinski definition) is 0. The Balaban J connectivity index is 0. The van der Waals surface area contributed by atoms with Gasteiger partial charge in [0, 0.05) is 0 Å². The SMILES string of the molecule is [CH3-].[CH3-].[CH3-].[Na+].[Na+].[Na+]. The van der Waals surface area contributed by atoms with Crippen LogP contribution >= 0.6 is 0 Å². The first-order chi connectivity index (χ1) is 0. The van der Waals surface area contributed by atoms with Gasteiger partial charge in [0.05, 0.1) is 0 Å². The van der Waals surface area contributed by atoms with E-state index in [1.165, 1.54) is 0 Å². The summed E-state index contributed by atoms with van der Waals surface area (Å²) in [5, 5.41) is 0. The molecule has 24 valence electrons. The zero-order chi connectivity index (χ0) is 0. The van der Waals surface area contributed by atoms with Gasteiger partial charge in [0.2, 0.25) is 0 Å². The Morgan fingerprint density at radius 1 is 0.333 bits per heavy atom. The van der Waals surface area contributed by atoms with E-state index >= 15 is 0 Å². The van der Waals surface area contributed by atoms with E-state index in [1.54, 1.807) is 0 Å². The van der Waals surface area contributed by atoms with Crippen molar-refractivity contribution in [3.8, 4) is 0 Å². The molecule has 0 aliphatic heterocycles. The van der Waals surface area contributed by atoms with Gasteiger partial charge in [-0.3, -0.25) is 0 Å². The smallest absolute Gasteiger partial charge is 0.358 e. The molecule has 0 fully saturated rings. The Hall–Kier alpha value is 3.00. The summed E-state index contributed by atoms with van der Waals surface area (Å²) in [6.07, 6.45) is 0. The van der Waals surface area contributed by atoms with Crippen LogP contribution < -0.4 is 88.7 Å². The molecule has 0 rings (SSSR count). The average molecular weight is 114 g/mol. The first kappa shape index (κ1) is 64.0. The van der Waals surface area contributed by atoms with Crippen molar-refractivity contribution >= 4 is 0 Å². The van der Waals surface area contributed by atoms with Crippen LogP contribution in [-0.2, 0) is 0 Å². The topological polar surface area (TPSA) is 0 Å². The molecule has 0 saturated carbocycles. The van der Waals surface area contributed by atoms with Crippen molar-refractivity contribution in [2.24, 2.45) is 0 Å². The third kappa shape index (κ3) is 28.0. The van der Waals surface area contributed by atoms with Crippen LogP contribution in [0.5, 0.6) is 0 Å². The normalized spacial score (nSPS) is 0. The Bertz CT molecular complexity index is 6.00. The first-order valence-corrected chi connectivity index (χ1v) is 0. The molecule has 6 heavy (non-hydrogen) atoms. The minimum absolute atomic E-state index is 0. The van der Waals surface area contributed by atoms with Crippen LogP contribution in [0.2, 0.25) is 0 Å². The molecule has 0 bridgehead atoms. The second-order valence-corrected chi connectivity index (χ2v) is 0. The number of rotatable bonds is 0. The molecular weight excluding hydrogens is 105 g/mol. The molecule has 0 aromatic heterocycles. The van der Waals surface area contributed by atoms with Gasteiger partial charge < -0.3 is 22.3 Å². The molecule has 0 radical (unpaired) electrons. The summed E-state index contributed by atoms with van der Waals surface area (Å²) in [6, 6.07) is 0. The van der Waals surface area contributed by atoms with Crippen LogP contribution in [0.25, 0.3) is 0 Å². The minimum atomic E-state index is 0. The predicted octanol–water partition coefficient (Wildman–Crippen LogP) is -7.64. The Morgan fingerprint density at radius 2 is 0.333 bits per heavy atom. The Morgan fingerprint density at radius 3 is 0.333 bits per heavy atom. The molecule has 0 heterocycles. The van der Waals surface area contributed by atoms with Gasteiger partial charge in [-0.1, -0.05) is 0 Å². The fraction of sp³-hybridized carbons (Fsp3) is 0. The molecular formula is C3H9Na3. The monoisotopic (exact) mass is 114 g/mol. The van der Waals surface area contributed by atoms with Crippen molar-refractivity contribution in [1.29, 1.82) is 0 Å². The molecule has 0 aromatic rings.